The predicted molar refractivity (Wildman–Crippen MR) is 67.7 cm³/mol. The second-order valence-electron chi connectivity index (χ2n) is 4.66. The van der Waals surface area contributed by atoms with Crippen molar-refractivity contribution in [3.8, 4) is 0 Å². The maximum Gasteiger partial charge on any atom is 0.236 e. The Morgan fingerprint density at radius 2 is 1.65 bits per heavy atom. The van der Waals surface area contributed by atoms with Crippen LogP contribution in [0.15, 0.2) is 0 Å². The Kier molecular flexibility index (Phi) is 8.12. The topological polar surface area (TPSA) is 59.6 Å². The van der Waals surface area contributed by atoms with Crippen molar-refractivity contribution in [1.82, 2.24) is 10.6 Å². The Balaban J connectivity index is 4.06. The Hall–Kier alpha value is -0.650. The van der Waals surface area contributed by atoms with Gasteiger partial charge in [-0.25, -0.2) is 0 Å². The average molecular weight is 246 g/mol. The van der Waals surface area contributed by atoms with Crippen LogP contribution in [0.1, 0.15) is 27.7 Å². The van der Waals surface area contributed by atoms with E-state index in [4.69, 9.17) is 9.47 Å². The molecule has 0 aliphatic carbocycles. The SMILES string of the molecule is COC(OC)C(C)NC(C)C(=O)NCC(C)C. The summed E-state index contributed by atoms with van der Waals surface area (Å²) in [4.78, 5) is 11.7. The number of methoxy groups -OCH3 is 2. The van der Waals surface area contributed by atoms with Gasteiger partial charge in [0.1, 0.15) is 0 Å². The van der Waals surface area contributed by atoms with Gasteiger partial charge in [0.2, 0.25) is 5.91 Å². The van der Waals surface area contributed by atoms with Gasteiger partial charge in [0.15, 0.2) is 6.29 Å². The fourth-order valence-corrected chi connectivity index (χ4v) is 1.51. The standard InChI is InChI=1S/C12H26N2O3/c1-8(2)7-13-11(15)9(3)14-10(4)12(16-5)17-6/h8-10,12,14H,7H2,1-6H3,(H,13,15). The number of ether oxygens (including phenoxy) is 2. The van der Waals surface area contributed by atoms with E-state index in [0.29, 0.717) is 12.5 Å². The lowest BCUT2D eigenvalue weighted by atomic mass is 10.2. The number of hydrogen-bond donors (Lipinski definition) is 2. The average Bonchev–Trinajstić information content (AvgIpc) is 2.27. The second-order valence-corrected chi connectivity index (χ2v) is 4.66. The largest absolute Gasteiger partial charge is 0.354 e. The molecule has 17 heavy (non-hydrogen) atoms. The van der Waals surface area contributed by atoms with Gasteiger partial charge in [-0.15, -0.1) is 0 Å². The molecule has 0 fully saturated rings. The molecule has 0 spiro atoms. The number of hydrogen-bond acceptors (Lipinski definition) is 4. The molecule has 0 bridgehead atoms. The Labute approximate surface area is 104 Å². The summed E-state index contributed by atoms with van der Waals surface area (Å²) < 4.78 is 10.2. The maximum absolute atomic E-state index is 11.7. The first-order chi connectivity index (χ1) is 7.92. The fourth-order valence-electron chi connectivity index (χ4n) is 1.51. The first-order valence-corrected chi connectivity index (χ1v) is 6.01. The maximum atomic E-state index is 11.7. The molecule has 0 aromatic rings. The van der Waals surface area contributed by atoms with Gasteiger partial charge in [-0.05, 0) is 19.8 Å². The summed E-state index contributed by atoms with van der Waals surface area (Å²) in [6, 6.07) is -0.318. The highest BCUT2D eigenvalue weighted by Crippen LogP contribution is 2.00. The second kappa shape index (κ2) is 8.44. The van der Waals surface area contributed by atoms with Gasteiger partial charge in [-0.1, -0.05) is 13.8 Å². The summed E-state index contributed by atoms with van der Waals surface area (Å²) in [6.45, 7) is 8.56. The minimum Gasteiger partial charge on any atom is -0.354 e. The molecular formula is C12H26N2O3. The van der Waals surface area contributed by atoms with E-state index in [0.717, 1.165) is 0 Å². The van der Waals surface area contributed by atoms with Crippen LogP contribution < -0.4 is 10.6 Å². The zero-order chi connectivity index (χ0) is 13.4. The summed E-state index contributed by atoms with van der Waals surface area (Å²) >= 11 is 0. The highest BCUT2D eigenvalue weighted by atomic mass is 16.7. The van der Waals surface area contributed by atoms with E-state index in [1.54, 1.807) is 14.2 Å². The summed E-state index contributed by atoms with van der Waals surface area (Å²) in [6.07, 6.45) is -0.352. The molecule has 0 saturated carbocycles. The molecule has 5 nitrogen and oxygen atoms in total. The summed E-state index contributed by atoms with van der Waals surface area (Å²) in [5.41, 5.74) is 0. The predicted octanol–water partition coefficient (Wildman–Crippen LogP) is 0.744. The van der Waals surface area contributed by atoms with E-state index in [-0.39, 0.29) is 24.3 Å². The molecule has 2 unspecified atom stereocenters. The number of nitrogens with one attached hydrogen (secondary N) is 2. The van der Waals surface area contributed by atoms with Crippen LogP contribution in [0.2, 0.25) is 0 Å². The van der Waals surface area contributed by atoms with Crippen LogP contribution in [0.25, 0.3) is 0 Å². The molecule has 0 aliphatic heterocycles. The zero-order valence-corrected chi connectivity index (χ0v) is 11.7. The number of carbonyl (C=O) groups is 1. The van der Waals surface area contributed by atoms with Crippen molar-refractivity contribution in [3.05, 3.63) is 0 Å². The molecular weight excluding hydrogens is 220 g/mol. The number of amides is 1. The van der Waals surface area contributed by atoms with E-state index in [1.165, 1.54) is 0 Å². The molecule has 0 rings (SSSR count). The van der Waals surface area contributed by atoms with Gasteiger partial charge in [0.25, 0.3) is 0 Å². The number of rotatable bonds is 8. The molecule has 0 aromatic carbocycles. The van der Waals surface area contributed by atoms with Gasteiger partial charge >= 0.3 is 0 Å². The van der Waals surface area contributed by atoms with Gasteiger partial charge in [-0.3, -0.25) is 10.1 Å². The highest BCUT2D eigenvalue weighted by Gasteiger charge is 2.21. The quantitative estimate of drug-likeness (QED) is 0.620. The third-order valence-electron chi connectivity index (χ3n) is 2.46. The monoisotopic (exact) mass is 246 g/mol. The molecule has 102 valence electrons. The molecule has 2 atom stereocenters. The van der Waals surface area contributed by atoms with Crippen molar-refractivity contribution in [1.29, 1.82) is 0 Å². The van der Waals surface area contributed by atoms with Crippen LogP contribution in [0, 0.1) is 5.92 Å². The molecule has 0 heterocycles. The van der Waals surface area contributed by atoms with Crippen molar-refractivity contribution >= 4 is 5.91 Å². The van der Waals surface area contributed by atoms with Crippen molar-refractivity contribution in [2.75, 3.05) is 20.8 Å². The lowest BCUT2D eigenvalue weighted by molar-refractivity contribution is -0.129. The highest BCUT2D eigenvalue weighted by molar-refractivity contribution is 5.81. The van der Waals surface area contributed by atoms with Crippen molar-refractivity contribution in [2.24, 2.45) is 5.92 Å². The Morgan fingerprint density at radius 3 is 2.06 bits per heavy atom. The van der Waals surface area contributed by atoms with Gasteiger partial charge in [0.05, 0.1) is 12.1 Å². The van der Waals surface area contributed by atoms with Crippen LogP contribution in [-0.2, 0) is 14.3 Å². The minimum absolute atomic E-state index is 0.00324. The zero-order valence-electron chi connectivity index (χ0n) is 11.7. The van der Waals surface area contributed by atoms with E-state index >= 15 is 0 Å². The van der Waals surface area contributed by atoms with Gasteiger partial charge < -0.3 is 14.8 Å². The van der Waals surface area contributed by atoms with Gasteiger partial charge in [0, 0.05) is 20.8 Å². The van der Waals surface area contributed by atoms with Crippen LogP contribution >= 0.6 is 0 Å². The molecule has 0 radical (unpaired) electrons. The minimum atomic E-state index is -0.352. The van der Waals surface area contributed by atoms with E-state index in [9.17, 15) is 4.79 Å². The summed E-state index contributed by atoms with van der Waals surface area (Å²) in [5, 5.41) is 6.02. The summed E-state index contributed by atoms with van der Waals surface area (Å²) in [7, 11) is 3.16. The smallest absolute Gasteiger partial charge is 0.236 e. The van der Waals surface area contributed by atoms with Crippen LogP contribution in [0.5, 0.6) is 0 Å². The lowest BCUT2D eigenvalue weighted by Crippen LogP contribution is -2.50. The van der Waals surface area contributed by atoms with Gasteiger partial charge in [-0.2, -0.15) is 0 Å². The van der Waals surface area contributed by atoms with Crippen molar-refractivity contribution < 1.29 is 14.3 Å². The molecule has 0 aliphatic rings. The van der Waals surface area contributed by atoms with Crippen molar-refractivity contribution in [3.63, 3.8) is 0 Å². The molecule has 1 amide bonds. The van der Waals surface area contributed by atoms with Crippen LogP contribution in [0.3, 0.4) is 0 Å². The molecule has 2 N–H and O–H groups in total. The Bertz CT molecular complexity index is 218. The molecule has 5 heteroatoms. The molecule has 0 aromatic heterocycles. The van der Waals surface area contributed by atoms with Crippen LogP contribution in [0.4, 0.5) is 0 Å². The van der Waals surface area contributed by atoms with E-state index < -0.39 is 0 Å². The normalized spacial score (nSPS) is 15.1. The first-order valence-electron chi connectivity index (χ1n) is 6.01. The van der Waals surface area contributed by atoms with E-state index in [1.807, 2.05) is 13.8 Å². The molecule has 0 saturated heterocycles. The Morgan fingerprint density at radius 1 is 1.12 bits per heavy atom. The van der Waals surface area contributed by atoms with Crippen molar-refractivity contribution in [2.45, 2.75) is 46.1 Å². The summed E-state index contributed by atoms with van der Waals surface area (Å²) in [5.74, 6) is 0.450. The lowest BCUT2D eigenvalue weighted by Gasteiger charge is -2.25. The third kappa shape index (κ3) is 6.61. The fraction of sp³-hybridized carbons (Fsp3) is 0.917. The van der Waals surface area contributed by atoms with E-state index in [2.05, 4.69) is 24.5 Å². The third-order valence-corrected chi connectivity index (χ3v) is 2.46. The number of carbonyl (C=O) groups excluding carboxylic acids is 1. The van der Waals surface area contributed by atoms with Crippen LogP contribution in [-0.4, -0.2) is 45.0 Å². The first kappa shape index (κ1) is 16.4.